The summed E-state index contributed by atoms with van der Waals surface area (Å²) in [6, 6.07) is 10.2. The number of benzene rings is 1. The number of para-hydroxylation sites is 1. The number of hydrogen-bond donors (Lipinski definition) is 1. The Balaban J connectivity index is 2.21. The van der Waals surface area contributed by atoms with Crippen molar-refractivity contribution in [2.45, 2.75) is 65.0 Å². The van der Waals surface area contributed by atoms with Crippen molar-refractivity contribution in [2.24, 2.45) is 0 Å². The summed E-state index contributed by atoms with van der Waals surface area (Å²) in [4.78, 5) is 2.61. The van der Waals surface area contributed by atoms with Crippen LogP contribution < -0.4 is 10.2 Å². The van der Waals surface area contributed by atoms with Crippen molar-refractivity contribution in [3.63, 3.8) is 0 Å². The van der Waals surface area contributed by atoms with E-state index in [1.807, 2.05) is 0 Å². The van der Waals surface area contributed by atoms with Gasteiger partial charge in [-0.05, 0) is 43.4 Å². The van der Waals surface area contributed by atoms with Crippen LogP contribution in [0.15, 0.2) is 24.3 Å². The Morgan fingerprint density at radius 2 is 1.95 bits per heavy atom. The second-order valence-electron chi connectivity index (χ2n) is 7.09. The number of anilines is 1. The first-order valence-corrected chi connectivity index (χ1v) is 8.03. The van der Waals surface area contributed by atoms with E-state index in [-0.39, 0.29) is 5.41 Å². The highest BCUT2D eigenvalue weighted by Gasteiger charge is 2.28. The fourth-order valence-electron chi connectivity index (χ4n) is 3.36. The Bertz CT molecular complexity index is 433. The predicted octanol–water partition coefficient (Wildman–Crippen LogP) is 3.95. The van der Waals surface area contributed by atoms with Gasteiger partial charge < -0.3 is 10.2 Å². The van der Waals surface area contributed by atoms with E-state index in [1.165, 1.54) is 24.1 Å². The molecule has 0 spiro atoms. The second-order valence-corrected chi connectivity index (χ2v) is 7.09. The van der Waals surface area contributed by atoms with Gasteiger partial charge in [-0.3, -0.25) is 0 Å². The molecule has 2 nitrogen and oxygen atoms in total. The monoisotopic (exact) mass is 274 g/mol. The quantitative estimate of drug-likeness (QED) is 0.898. The van der Waals surface area contributed by atoms with Gasteiger partial charge in [0.25, 0.3) is 0 Å². The number of hydrogen-bond acceptors (Lipinski definition) is 2. The van der Waals surface area contributed by atoms with Crippen molar-refractivity contribution in [1.82, 2.24) is 5.32 Å². The van der Waals surface area contributed by atoms with Gasteiger partial charge in [0.1, 0.15) is 0 Å². The molecule has 20 heavy (non-hydrogen) atoms. The fourth-order valence-corrected chi connectivity index (χ4v) is 3.36. The Hall–Kier alpha value is -1.02. The lowest BCUT2D eigenvalue weighted by Crippen LogP contribution is -2.48. The van der Waals surface area contributed by atoms with Gasteiger partial charge in [-0.25, -0.2) is 0 Å². The average Bonchev–Trinajstić information content (AvgIpc) is 2.38. The fraction of sp³-hybridized carbons (Fsp3) is 0.667. The molecule has 0 radical (unpaired) electrons. The van der Waals surface area contributed by atoms with E-state index in [0.717, 1.165) is 13.1 Å². The molecule has 112 valence electrons. The van der Waals surface area contributed by atoms with Crippen LogP contribution in [0.25, 0.3) is 0 Å². The van der Waals surface area contributed by atoms with Gasteiger partial charge in [0.15, 0.2) is 0 Å². The molecule has 0 saturated carbocycles. The number of piperidine rings is 1. The summed E-state index contributed by atoms with van der Waals surface area (Å²) in [5, 5.41) is 3.61. The Kier molecular flexibility index (Phi) is 4.74. The number of nitrogens with zero attached hydrogens (tertiary/aromatic N) is 1. The summed E-state index contributed by atoms with van der Waals surface area (Å²) in [6.07, 6.45) is 2.49. The molecule has 2 unspecified atom stereocenters. The molecular formula is C18H30N2. The first-order chi connectivity index (χ1) is 9.43. The van der Waals surface area contributed by atoms with Gasteiger partial charge in [-0.2, -0.15) is 0 Å². The third-order valence-corrected chi connectivity index (χ3v) is 4.39. The van der Waals surface area contributed by atoms with Gasteiger partial charge in [0.05, 0.1) is 0 Å². The molecule has 1 aromatic carbocycles. The lowest BCUT2D eigenvalue weighted by atomic mass is 9.84. The summed E-state index contributed by atoms with van der Waals surface area (Å²) in [6.45, 7) is 13.7. The Morgan fingerprint density at radius 3 is 2.55 bits per heavy atom. The van der Waals surface area contributed by atoms with E-state index < -0.39 is 0 Å². The largest absolute Gasteiger partial charge is 0.368 e. The minimum atomic E-state index is 0.203. The summed E-state index contributed by atoms with van der Waals surface area (Å²) in [5.74, 6) is 0. The molecule has 1 fully saturated rings. The maximum atomic E-state index is 3.61. The maximum absolute atomic E-state index is 3.61. The smallest absolute Gasteiger partial charge is 0.0406 e. The van der Waals surface area contributed by atoms with Crippen molar-refractivity contribution < 1.29 is 0 Å². The van der Waals surface area contributed by atoms with Gasteiger partial charge in [-0.1, -0.05) is 45.9 Å². The number of rotatable bonds is 3. The standard InChI is InChI=1S/C18H30N2/c1-6-19-15-11-12-20(14(2)13-15)17-10-8-7-9-16(17)18(3,4)5/h7-10,14-15,19H,6,11-13H2,1-5H3. The highest BCUT2D eigenvalue weighted by atomic mass is 15.2. The lowest BCUT2D eigenvalue weighted by Gasteiger charge is -2.41. The first kappa shape index (κ1) is 15.4. The van der Waals surface area contributed by atoms with Crippen molar-refractivity contribution in [3.05, 3.63) is 29.8 Å². The van der Waals surface area contributed by atoms with E-state index in [1.54, 1.807) is 0 Å². The summed E-state index contributed by atoms with van der Waals surface area (Å²) < 4.78 is 0. The van der Waals surface area contributed by atoms with Crippen LogP contribution in [-0.2, 0) is 5.41 Å². The molecule has 1 aromatic rings. The van der Waals surface area contributed by atoms with E-state index in [4.69, 9.17) is 0 Å². The van der Waals surface area contributed by atoms with Crippen LogP contribution in [0.1, 0.15) is 53.0 Å². The zero-order valence-electron chi connectivity index (χ0n) is 13.7. The van der Waals surface area contributed by atoms with Crippen LogP contribution in [0.3, 0.4) is 0 Å². The third-order valence-electron chi connectivity index (χ3n) is 4.39. The summed E-state index contributed by atoms with van der Waals surface area (Å²) in [7, 11) is 0. The molecule has 1 aliphatic heterocycles. The summed E-state index contributed by atoms with van der Waals surface area (Å²) >= 11 is 0. The molecule has 1 aliphatic rings. The molecule has 0 bridgehead atoms. The minimum Gasteiger partial charge on any atom is -0.368 e. The maximum Gasteiger partial charge on any atom is 0.0406 e. The topological polar surface area (TPSA) is 15.3 Å². The molecule has 0 aliphatic carbocycles. The van der Waals surface area contributed by atoms with E-state index in [2.05, 4.69) is 69.1 Å². The van der Waals surface area contributed by atoms with Gasteiger partial charge >= 0.3 is 0 Å². The highest BCUT2D eigenvalue weighted by Crippen LogP contribution is 2.34. The molecule has 0 amide bonds. The van der Waals surface area contributed by atoms with Crippen LogP contribution in [-0.4, -0.2) is 25.2 Å². The second kappa shape index (κ2) is 6.17. The average molecular weight is 274 g/mol. The highest BCUT2D eigenvalue weighted by molar-refractivity contribution is 5.57. The minimum absolute atomic E-state index is 0.203. The van der Waals surface area contributed by atoms with E-state index in [0.29, 0.717) is 12.1 Å². The van der Waals surface area contributed by atoms with Crippen molar-refractivity contribution >= 4 is 5.69 Å². The normalized spacial score (nSPS) is 23.9. The van der Waals surface area contributed by atoms with Gasteiger partial charge in [-0.15, -0.1) is 0 Å². The molecule has 1 N–H and O–H groups in total. The van der Waals surface area contributed by atoms with Crippen molar-refractivity contribution in [1.29, 1.82) is 0 Å². The van der Waals surface area contributed by atoms with Crippen LogP contribution in [0.5, 0.6) is 0 Å². The zero-order valence-corrected chi connectivity index (χ0v) is 13.7. The van der Waals surface area contributed by atoms with Crippen LogP contribution in [0, 0.1) is 0 Å². The lowest BCUT2D eigenvalue weighted by molar-refractivity contribution is 0.372. The van der Waals surface area contributed by atoms with Crippen molar-refractivity contribution in [3.8, 4) is 0 Å². The molecule has 1 saturated heterocycles. The Morgan fingerprint density at radius 1 is 1.25 bits per heavy atom. The van der Waals surface area contributed by atoms with Crippen molar-refractivity contribution in [2.75, 3.05) is 18.0 Å². The zero-order chi connectivity index (χ0) is 14.8. The van der Waals surface area contributed by atoms with Crippen LogP contribution in [0.2, 0.25) is 0 Å². The molecular weight excluding hydrogens is 244 g/mol. The van der Waals surface area contributed by atoms with Gasteiger partial charge in [0, 0.05) is 24.3 Å². The van der Waals surface area contributed by atoms with Crippen LogP contribution in [0.4, 0.5) is 5.69 Å². The number of nitrogens with one attached hydrogen (secondary N) is 1. The van der Waals surface area contributed by atoms with E-state index in [9.17, 15) is 0 Å². The molecule has 2 heteroatoms. The molecule has 2 atom stereocenters. The Labute approximate surface area is 124 Å². The van der Waals surface area contributed by atoms with Gasteiger partial charge in [0.2, 0.25) is 0 Å². The molecule has 1 heterocycles. The van der Waals surface area contributed by atoms with Crippen LogP contribution >= 0.6 is 0 Å². The van der Waals surface area contributed by atoms with E-state index >= 15 is 0 Å². The molecule has 2 rings (SSSR count). The summed E-state index contributed by atoms with van der Waals surface area (Å²) in [5.41, 5.74) is 3.10. The predicted molar refractivity (Wildman–Crippen MR) is 88.6 cm³/mol. The SMILES string of the molecule is CCNC1CCN(c2ccccc2C(C)(C)C)C(C)C1. The first-order valence-electron chi connectivity index (χ1n) is 8.03. The molecule has 0 aromatic heterocycles. The third kappa shape index (κ3) is 3.35.